The van der Waals surface area contributed by atoms with Crippen LogP contribution in [0.1, 0.15) is 6.92 Å². The van der Waals surface area contributed by atoms with E-state index in [1.807, 2.05) is 25.2 Å². The van der Waals surface area contributed by atoms with Gasteiger partial charge in [-0.25, -0.2) is 0 Å². The van der Waals surface area contributed by atoms with Gasteiger partial charge in [0.2, 0.25) is 0 Å². The van der Waals surface area contributed by atoms with E-state index >= 15 is 0 Å². The van der Waals surface area contributed by atoms with Crippen LogP contribution in [0.2, 0.25) is 0 Å². The van der Waals surface area contributed by atoms with Gasteiger partial charge >= 0.3 is 0 Å². The summed E-state index contributed by atoms with van der Waals surface area (Å²) in [5.74, 6) is 0. The smallest absolute Gasteiger partial charge is 0.188 e. The topological polar surface area (TPSA) is 38.7 Å². The van der Waals surface area contributed by atoms with E-state index < -0.39 is 12.4 Å². The van der Waals surface area contributed by atoms with Crippen molar-refractivity contribution in [1.82, 2.24) is 0 Å². The number of rotatable bonds is 2. The molecule has 1 saturated heterocycles. The Morgan fingerprint density at radius 1 is 1.71 bits per heavy atom. The highest BCUT2D eigenvalue weighted by molar-refractivity contribution is 5.31. The molecule has 0 aromatic heterocycles. The van der Waals surface area contributed by atoms with Crippen molar-refractivity contribution in [3.63, 3.8) is 0 Å². The van der Waals surface area contributed by atoms with Crippen molar-refractivity contribution in [2.24, 2.45) is 0 Å². The van der Waals surface area contributed by atoms with Crippen LogP contribution in [0.25, 0.3) is 0 Å². The van der Waals surface area contributed by atoms with Gasteiger partial charge in [-0.1, -0.05) is 24.3 Å². The zero-order chi connectivity index (χ0) is 10.1. The lowest BCUT2D eigenvalue weighted by Crippen LogP contribution is -2.32. The van der Waals surface area contributed by atoms with E-state index in [1.165, 1.54) is 0 Å². The average Bonchev–Trinajstić information content (AvgIpc) is 2.53. The summed E-state index contributed by atoms with van der Waals surface area (Å²) in [5.41, 5.74) is 1.81. The zero-order valence-electron chi connectivity index (χ0n) is 8.14. The summed E-state index contributed by atoms with van der Waals surface area (Å²) in [6.07, 6.45) is 4.46. The van der Waals surface area contributed by atoms with Crippen LogP contribution >= 0.6 is 0 Å². The molecule has 76 valence electrons. The van der Waals surface area contributed by atoms with Crippen LogP contribution in [-0.2, 0) is 9.47 Å². The lowest BCUT2D eigenvalue weighted by Gasteiger charge is -2.22. The molecular formula is C11H14O3. The third kappa shape index (κ3) is 1.80. The SMILES string of the molecule is C=C(C)/C=C/C1=CC2COC(O2)C1O. The van der Waals surface area contributed by atoms with Crippen LogP contribution in [0.3, 0.4) is 0 Å². The molecule has 2 heterocycles. The van der Waals surface area contributed by atoms with Crippen LogP contribution in [0.5, 0.6) is 0 Å². The lowest BCUT2D eigenvalue weighted by molar-refractivity contribution is -0.118. The van der Waals surface area contributed by atoms with Crippen LogP contribution in [0, 0.1) is 0 Å². The number of aliphatic hydroxyl groups excluding tert-OH is 1. The fourth-order valence-corrected chi connectivity index (χ4v) is 1.56. The summed E-state index contributed by atoms with van der Waals surface area (Å²) in [7, 11) is 0. The van der Waals surface area contributed by atoms with Gasteiger partial charge in [-0.15, -0.1) is 0 Å². The minimum absolute atomic E-state index is 0.00632. The quantitative estimate of drug-likeness (QED) is 0.670. The highest BCUT2D eigenvalue weighted by atomic mass is 16.7. The fraction of sp³-hybridized carbons (Fsp3) is 0.455. The minimum atomic E-state index is -0.677. The molecule has 0 saturated carbocycles. The third-order valence-corrected chi connectivity index (χ3v) is 2.27. The van der Waals surface area contributed by atoms with Crippen LogP contribution < -0.4 is 0 Å². The maximum absolute atomic E-state index is 9.77. The van der Waals surface area contributed by atoms with Crippen LogP contribution in [-0.4, -0.2) is 30.2 Å². The Hall–Kier alpha value is -0.900. The van der Waals surface area contributed by atoms with Crippen molar-refractivity contribution in [3.8, 4) is 0 Å². The van der Waals surface area contributed by atoms with Crippen LogP contribution in [0.15, 0.2) is 36.0 Å². The Bertz CT molecular complexity index is 304. The first-order valence-electron chi connectivity index (χ1n) is 4.67. The summed E-state index contributed by atoms with van der Waals surface area (Å²) < 4.78 is 10.6. The van der Waals surface area contributed by atoms with Gasteiger partial charge in [-0.05, 0) is 18.6 Å². The molecule has 3 nitrogen and oxygen atoms in total. The molecule has 1 fully saturated rings. The van der Waals surface area contributed by atoms with Crippen molar-refractivity contribution in [2.45, 2.75) is 25.4 Å². The van der Waals surface area contributed by atoms with Gasteiger partial charge in [0.05, 0.1) is 6.61 Å². The molecular weight excluding hydrogens is 180 g/mol. The molecule has 3 heteroatoms. The lowest BCUT2D eigenvalue weighted by atomic mass is 10.0. The summed E-state index contributed by atoms with van der Waals surface area (Å²) in [4.78, 5) is 0. The van der Waals surface area contributed by atoms with Gasteiger partial charge in [-0.2, -0.15) is 0 Å². The first-order chi connectivity index (χ1) is 6.66. The Balaban J connectivity index is 2.15. The zero-order valence-corrected chi connectivity index (χ0v) is 8.14. The van der Waals surface area contributed by atoms with Gasteiger partial charge in [0.1, 0.15) is 12.2 Å². The summed E-state index contributed by atoms with van der Waals surface area (Å²) in [5, 5.41) is 9.77. The third-order valence-electron chi connectivity index (χ3n) is 2.27. The Morgan fingerprint density at radius 2 is 2.50 bits per heavy atom. The molecule has 0 spiro atoms. The summed E-state index contributed by atoms with van der Waals surface area (Å²) >= 11 is 0. The predicted molar refractivity (Wildman–Crippen MR) is 52.7 cm³/mol. The van der Waals surface area contributed by atoms with E-state index in [0.717, 1.165) is 11.1 Å². The maximum Gasteiger partial charge on any atom is 0.188 e. The number of aliphatic hydroxyl groups is 1. The number of fused-ring (bicyclic) bond motifs is 2. The molecule has 0 aromatic carbocycles. The second-order valence-corrected chi connectivity index (χ2v) is 3.67. The van der Waals surface area contributed by atoms with E-state index in [9.17, 15) is 5.11 Å². The normalized spacial score (nSPS) is 36.1. The van der Waals surface area contributed by atoms with E-state index in [-0.39, 0.29) is 6.10 Å². The molecule has 0 aliphatic carbocycles. The van der Waals surface area contributed by atoms with E-state index in [4.69, 9.17) is 9.47 Å². The van der Waals surface area contributed by atoms with Gasteiger partial charge in [-0.3, -0.25) is 0 Å². The maximum atomic E-state index is 9.77. The highest BCUT2D eigenvalue weighted by Gasteiger charge is 2.36. The largest absolute Gasteiger partial charge is 0.383 e. The van der Waals surface area contributed by atoms with Crippen molar-refractivity contribution in [2.75, 3.05) is 6.61 Å². The Labute approximate surface area is 83.3 Å². The second-order valence-electron chi connectivity index (χ2n) is 3.67. The van der Waals surface area contributed by atoms with Crippen molar-refractivity contribution < 1.29 is 14.6 Å². The van der Waals surface area contributed by atoms with Crippen LogP contribution in [0.4, 0.5) is 0 Å². The average molecular weight is 194 g/mol. The number of ether oxygens (including phenoxy) is 2. The fourth-order valence-electron chi connectivity index (χ4n) is 1.56. The highest BCUT2D eigenvalue weighted by Crippen LogP contribution is 2.27. The molecule has 1 N–H and O–H groups in total. The number of allylic oxidation sites excluding steroid dienone is 2. The van der Waals surface area contributed by atoms with E-state index in [0.29, 0.717) is 6.61 Å². The summed E-state index contributed by atoms with van der Waals surface area (Å²) in [6.45, 7) is 6.20. The summed E-state index contributed by atoms with van der Waals surface area (Å²) in [6, 6.07) is 0. The molecule has 2 aliphatic heterocycles. The van der Waals surface area contributed by atoms with E-state index in [1.54, 1.807) is 0 Å². The van der Waals surface area contributed by atoms with Crippen molar-refractivity contribution in [3.05, 3.63) is 36.0 Å². The molecule has 2 rings (SSSR count). The molecule has 3 atom stereocenters. The van der Waals surface area contributed by atoms with Gasteiger partial charge < -0.3 is 14.6 Å². The molecule has 0 aromatic rings. The number of hydrogen-bond donors (Lipinski definition) is 1. The first kappa shape index (κ1) is 9.65. The second kappa shape index (κ2) is 3.69. The van der Waals surface area contributed by atoms with Crippen molar-refractivity contribution in [1.29, 1.82) is 0 Å². The van der Waals surface area contributed by atoms with Gasteiger partial charge in [0, 0.05) is 0 Å². The van der Waals surface area contributed by atoms with Gasteiger partial charge in [0.15, 0.2) is 6.29 Å². The Kier molecular flexibility index (Phi) is 2.54. The molecule has 2 aliphatic rings. The van der Waals surface area contributed by atoms with E-state index in [2.05, 4.69) is 6.58 Å². The van der Waals surface area contributed by atoms with Gasteiger partial charge in [0.25, 0.3) is 0 Å². The predicted octanol–water partition coefficient (Wildman–Crippen LogP) is 1.16. The molecule has 0 amide bonds. The molecule has 0 radical (unpaired) electrons. The Morgan fingerprint density at radius 3 is 3.21 bits per heavy atom. The monoisotopic (exact) mass is 194 g/mol. The van der Waals surface area contributed by atoms with Crippen molar-refractivity contribution >= 4 is 0 Å². The first-order valence-corrected chi connectivity index (χ1v) is 4.67. The standard InChI is InChI=1S/C11H14O3/c1-7(2)3-4-8-5-9-6-13-11(14-9)10(8)12/h3-5,9-12H,1,6H2,2H3/b4-3+. The molecule has 3 unspecified atom stereocenters. The number of hydrogen-bond acceptors (Lipinski definition) is 3. The molecule has 2 bridgehead atoms. The minimum Gasteiger partial charge on any atom is -0.383 e. The molecule has 14 heavy (non-hydrogen) atoms.